The fourth-order valence-electron chi connectivity index (χ4n) is 3.77. The van der Waals surface area contributed by atoms with Crippen LogP contribution in [0.5, 0.6) is 0 Å². The van der Waals surface area contributed by atoms with E-state index in [-0.39, 0.29) is 0 Å². The summed E-state index contributed by atoms with van der Waals surface area (Å²) in [5, 5.41) is 90.0. The molecule has 0 aromatic rings. The van der Waals surface area contributed by atoms with Gasteiger partial charge in [0.1, 0.15) is 61.0 Å². The number of aliphatic hydroxyl groups excluding tert-OH is 9. The molecule has 0 aromatic carbocycles. The molecule has 0 aliphatic carbocycles. The van der Waals surface area contributed by atoms with Gasteiger partial charge in [0.15, 0.2) is 12.6 Å². The van der Waals surface area contributed by atoms with Crippen LogP contribution < -0.4 is 0 Å². The lowest BCUT2D eigenvalue weighted by Crippen LogP contribution is -2.63. The molecule has 14 nitrogen and oxygen atoms in total. The summed E-state index contributed by atoms with van der Waals surface area (Å²) >= 11 is 0. The predicted octanol–water partition coefficient (Wildman–Crippen LogP) is -5.23. The molecule has 2 saturated heterocycles. The molecule has 0 bridgehead atoms. The molecule has 14 unspecified atom stereocenters. The second kappa shape index (κ2) is 12.4. The fraction of sp³-hybridized carbons (Fsp3) is 1.00. The molecule has 2 aliphatic heterocycles. The lowest BCUT2D eigenvalue weighted by atomic mass is 9.98. The summed E-state index contributed by atoms with van der Waals surface area (Å²) in [5.41, 5.74) is 0. The SMILES string of the molecule is COC(CO)C(OC1OC(CO)C(O)C(O)C1O)C(OC1OC(C)C(O)C(O)C1O)C(C)O. The Labute approximate surface area is 190 Å². The second-order valence-electron chi connectivity index (χ2n) is 8.28. The van der Waals surface area contributed by atoms with Gasteiger partial charge in [0.05, 0.1) is 25.4 Å². The standard InChI is InChI=1S/C19H36O14/c1-6(22)16(32-18-14(27)12(25)10(23)7(2)30-18)17(9(5-21)29-3)33-19-15(28)13(26)11(24)8(4-20)31-19/h6-28H,4-5H2,1-3H3. The summed E-state index contributed by atoms with van der Waals surface area (Å²) in [6.07, 6.45) is -20.7. The quantitative estimate of drug-likeness (QED) is 0.140. The van der Waals surface area contributed by atoms with Crippen LogP contribution in [0.4, 0.5) is 0 Å². The molecule has 14 atom stereocenters. The Balaban J connectivity index is 2.29. The maximum atomic E-state index is 10.4. The zero-order valence-corrected chi connectivity index (χ0v) is 18.6. The highest BCUT2D eigenvalue weighted by Gasteiger charge is 2.49. The van der Waals surface area contributed by atoms with E-state index >= 15 is 0 Å². The molecule has 196 valence electrons. The van der Waals surface area contributed by atoms with Crippen LogP contribution >= 0.6 is 0 Å². The van der Waals surface area contributed by atoms with Crippen molar-refractivity contribution < 1.29 is 69.6 Å². The number of hydrogen-bond donors (Lipinski definition) is 9. The highest BCUT2D eigenvalue weighted by atomic mass is 16.7. The molecule has 0 aromatic heterocycles. The minimum atomic E-state index is -1.79. The van der Waals surface area contributed by atoms with Gasteiger partial charge >= 0.3 is 0 Å². The van der Waals surface area contributed by atoms with Gasteiger partial charge in [-0.2, -0.15) is 0 Å². The van der Waals surface area contributed by atoms with Crippen LogP contribution in [0.25, 0.3) is 0 Å². The Morgan fingerprint density at radius 3 is 1.76 bits per heavy atom. The second-order valence-corrected chi connectivity index (χ2v) is 8.28. The minimum Gasteiger partial charge on any atom is -0.394 e. The zero-order chi connectivity index (χ0) is 25.0. The third kappa shape index (κ3) is 6.36. The fourth-order valence-corrected chi connectivity index (χ4v) is 3.77. The van der Waals surface area contributed by atoms with E-state index in [1.54, 1.807) is 0 Å². The first-order chi connectivity index (χ1) is 15.5. The van der Waals surface area contributed by atoms with E-state index < -0.39 is 99.0 Å². The Hall–Kier alpha value is -0.560. The monoisotopic (exact) mass is 488 g/mol. The molecule has 9 N–H and O–H groups in total. The maximum absolute atomic E-state index is 10.4. The summed E-state index contributed by atoms with van der Waals surface area (Å²) in [6, 6.07) is 0. The Morgan fingerprint density at radius 2 is 1.27 bits per heavy atom. The van der Waals surface area contributed by atoms with Crippen LogP contribution in [-0.4, -0.2) is 152 Å². The van der Waals surface area contributed by atoms with Crippen LogP contribution in [-0.2, 0) is 23.7 Å². The van der Waals surface area contributed by atoms with Gasteiger partial charge < -0.3 is 69.6 Å². The largest absolute Gasteiger partial charge is 0.394 e. The molecule has 14 heteroatoms. The molecule has 0 radical (unpaired) electrons. The Kier molecular flexibility index (Phi) is 10.8. The van der Waals surface area contributed by atoms with Gasteiger partial charge in [-0.1, -0.05) is 0 Å². The van der Waals surface area contributed by atoms with Crippen LogP contribution in [0.2, 0.25) is 0 Å². The summed E-state index contributed by atoms with van der Waals surface area (Å²) in [7, 11) is 1.22. The van der Waals surface area contributed by atoms with Crippen molar-refractivity contribution in [2.75, 3.05) is 20.3 Å². The number of methoxy groups -OCH3 is 1. The van der Waals surface area contributed by atoms with Gasteiger partial charge in [-0.3, -0.25) is 0 Å². The van der Waals surface area contributed by atoms with E-state index in [0.29, 0.717) is 0 Å². The molecule has 0 spiro atoms. The van der Waals surface area contributed by atoms with Crippen LogP contribution in [0.15, 0.2) is 0 Å². The molecule has 2 fully saturated rings. The molecular formula is C19H36O14. The van der Waals surface area contributed by atoms with Crippen molar-refractivity contribution in [3.8, 4) is 0 Å². The van der Waals surface area contributed by atoms with Crippen molar-refractivity contribution in [1.82, 2.24) is 0 Å². The topological polar surface area (TPSA) is 228 Å². The van der Waals surface area contributed by atoms with Gasteiger partial charge in [-0.15, -0.1) is 0 Å². The third-order valence-electron chi connectivity index (χ3n) is 5.89. The molecule has 2 heterocycles. The first-order valence-corrected chi connectivity index (χ1v) is 10.6. The van der Waals surface area contributed by atoms with Gasteiger partial charge in [-0.25, -0.2) is 0 Å². The van der Waals surface area contributed by atoms with Gasteiger partial charge in [0, 0.05) is 7.11 Å². The van der Waals surface area contributed by atoms with Crippen LogP contribution in [0.1, 0.15) is 13.8 Å². The van der Waals surface area contributed by atoms with Gasteiger partial charge in [-0.05, 0) is 13.8 Å². The summed E-state index contributed by atoms with van der Waals surface area (Å²) in [6.45, 7) is 1.36. The van der Waals surface area contributed by atoms with Crippen molar-refractivity contribution >= 4 is 0 Å². The van der Waals surface area contributed by atoms with Crippen molar-refractivity contribution in [3.05, 3.63) is 0 Å². The molecule has 33 heavy (non-hydrogen) atoms. The highest BCUT2D eigenvalue weighted by molar-refractivity contribution is 4.93. The average Bonchev–Trinajstić information content (AvgIpc) is 2.79. The van der Waals surface area contributed by atoms with E-state index in [1.165, 1.54) is 21.0 Å². The predicted molar refractivity (Wildman–Crippen MR) is 105 cm³/mol. The van der Waals surface area contributed by atoms with Crippen molar-refractivity contribution in [3.63, 3.8) is 0 Å². The summed E-state index contributed by atoms with van der Waals surface area (Å²) in [5.74, 6) is 0. The van der Waals surface area contributed by atoms with E-state index in [9.17, 15) is 46.0 Å². The smallest absolute Gasteiger partial charge is 0.187 e. The van der Waals surface area contributed by atoms with Crippen molar-refractivity contribution in [2.45, 2.75) is 99.7 Å². The first-order valence-electron chi connectivity index (χ1n) is 10.6. The van der Waals surface area contributed by atoms with E-state index in [2.05, 4.69) is 0 Å². The van der Waals surface area contributed by atoms with Gasteiger partial charge in [0.2, 0.25) is 0 Å². The van der Waals surface area contributed by atoms with Crippen molar-refractivity contribution in [2.24, 2.45) is 0 Å². The molecule has 2 rings (SSSR count). The van der Waals surface area contributed by atoms with Gasteiger partial charge in [0.25, 0.3) is 0 Å². The summed E-state index contributed by atoms with van der Waals surface area (Å²) < 4.78 is 27.3. The average molecular weight is 488 g/mol. The van der Waals surface area contributed by atoms with Crippen molar-refractivity contribution in [1.29, 1.82) is 0 Å². The lowest BCUT2D eigenvalue weighted by Gasteiger charge is -2.45. The number of hydrogen-bond acceptors (Lipinski definition) is 14. The number of aliphatic hydroxyl groups is 9. The zero-order valence-electron chi connectivity index (χ0n) is 18.6. The summed E-state index contributed by atoms with van der Waals surface area (Å²) in [4.78, 5) is 0. The van der Waals surface area contributed by atoms with Crippen LogP contribution in [0, 0.1) is 0 Å². The Bertz CT molecular complexity index is 575. The molecule has 2 aliphatic rings. The number of rotatable bonds is 10. The van der Waals surface area contributed by atoms with E-state index in [4.69, 9.17) is 23.7 Å². The molecular weight excluding hydrogens is 452 g/mol. The van der Waals surface area contributed by atoms with E-state index in [0.717, 1.165) is 0 Å². The maximum Gasteiger partial charge on any atom is 0.187 e. The molecule has 0 saturated carbocycles. The Morgan fingerprint density at radius 1 is 0.758 bits per heavy atom. The minimum absolute atomic E-state index is 0.656. The lowest BCUT2D eigenvalue weighted by molar-refractivity contribution is -0.351. The van der Waals surface area contributed by atoms with E-state index in [1.807, 2.05) is 0 Å². The normalized spacial score (nSPS) is 43.6. The molecule has 0 amide bonds. The first kappa shape index (κ1) is 28.7. The van der Waals surface area contributed by atoms with Crippen LogP contribution in [0.3, 0.4) is 0 Å². The highest BCUT2D eigenvalue weighted by Crippen LogP contribution is 2.29. The number of ether oxygens (including phenoxy) is 5. The third-order valence-corrected chi connectivity index (χ3v) is 5.89.